The lowest BCUT2D eigenvalue weighted by Crippen LogP contribution is -2.71. The third-order valence-corrected chi connectivity index (χ3v) is 10.0. The van der Waals surface area contributed by atoms with Crippen LogP contribution in [0.5, 0.6) is 5.75 Å². The number of fused-ring (bicyclic) bond motifs is 4. The molecule has 0 amide bonds. The predicted octanol–water partition coefficient (Wildman–Crippen LogP) is 3.18. The molecule has 0 spiro atoms. The molecule has 11 heteroatoms. The fourth-order valence-electron chi connectivity index (χ4n) is 8.26. The van der Waals surface area contributed by atoms with Gasteiger partial charge in [-0.2, -0.15) is 0 Å². The van der Waals surface area contributed by atoms with Crippen LogP contribution in [-0.4, -0.2) is 47.4 Å². The SMILES string of the molecule is CC(=O)OC[C@@]1(C)C2C[C@H](OC(C)=O)[C@@]3(C)Oc4cc(-c5ccc[n+](C)c5)oc(=O)c4[C@H](O)C3[C@@]2(C)CC[C@@H]1OC(C)=O. The molecule has 0 bridgehead atoms. The molecule has 5 rings (SSSR count). The van der Waals surface area contributed by atoms with E-state index in [2.05, 4.69) is 0 Å². The second-order valence-corrected chi connectivity index (χ2v) is 13.0. The van der Waals surface area contributed by atoms with E-state index in [1.165, 1.54) is 20.8 Å². The number of aliphatic hydroxyl groups is 1. The van der Waals surface area contributed by atoms with Gasteiger partial charge in [0, 0.05) is 44.2 Å². The third kappa shape index (κ3) is 5.11. The van der Waals surface area contributed by atoms with Crippen molar-refractivity contribution in [1.82, 2.24) is 0 Å². The lowest BCUT2D eigenvalue weighted by molar-refractivity contribution is -0.671. The van der Waals surface area contributed by atoms with Crippen LogP contribution < -0.4 is 14.9 Å². The van der Waals surface area contributed by atoms with Crippen LogP contribution in [0.3, 0.4) is 0 Å². The standard InChI is InChI=1S/C32H40NO10/c1-17(34)39-16-31(5)23-14-25(41-19(3)36)32(6)28(30(23,4)11-10-24(31)40-18(2)35)27(37)26-22(43-32)13-21(42-29(26)38)20-9-8-12-33(7)15-20/h8-9,12-13,15,23-25,27-28,37H,10-11,14,16H2,1-7H3/q+1/t23?,24-,25-,27-,28?,30-,31-,32+/m0/s1. The van der Waals surface area contributed by atoms with Crippen LogP contribution in [-0.2, 0) is 35.6 Å². The first-order valence-electron chi connectivity index (χ1n) is 14.6. The summed E-state index contributed by atoms with van der Waals surface area (Å²) in [5.74, 6) is -2.16. The van der Waals surface area contributed by atoms with Gasteiger partial charge in [-0.05, 0) is 43.6 Å². The summed E-state index contributed by atoms with van der Waals surface area (Å²) < 4.78 is 31.4. The molecule has 2 aromatic rings. The summed E-state index contributed by atoms with van der Waals surface area (Å²) in [5, 5.41) is 12.1. The number of aromatic nitrogens is 1. The van der Waals surface area contributed by atoms with E-state index in [9.17, 15) is 24.3 Å². The van der Waals surface area contributed by atoms with Crippen LogP contribution in [0.1, 0.15) is 72.5 Å². The Balaban J connectivity index is 1.66. The number of hydrogen-bond donors (Lipinski definition) is 1. The van der Waals surface area contributed by atoms with Crippen molar-refractivity contribution in [2.75, 3.05) is 6.61 Å². The van der Waals surface area contributed by atoms with E-state index in [0.29, 0.717) is 18.4 Å². The van der Waals surface area contributed by atoms with E-state index < -0.39 is 64.2 Å². The van der Waals surface area contributed by atoms with Crippen LogP contribution in [0, 0.1) is 22.7 Å². The van der Waals surface area contributed by atoms with Gasteiger partial charge in [-0.1, -0.05) is 13.8 Å². The molecule has 0 aromatic carbocycles. The number of aliphatic hydroxyl groups excluding tert-OH is 1. The van der Waals surface area contributed by atoms with Gasteiger partial charge >= 0.3 is 23.5 Å². The second kappa shape index (κ2) is 10.8. The van der Waals surface area contributed by atoms with E-state index in [4.69, 9.17) is 23.4 Å². The Labute approximate surface area is 250 Å². The minimum Gasteiger partial charge on any atom is -0.482 e. The Hall–Kier alpha value is -3.73. The molecule has 3 aliphatic rings. The van der Waals surface area contributed by atoms with E-state index in [1.807, 2.05) is 37.7 Å². The van der Waals surface area contributed by atoms with Gasteiger partial charge in [0.1, 0.15) is 48.5 Å². The molecular formula is C32H40NO10+. The van der Waals surface area contributed by atoms with E-state index in [-0.39, 0.29) is 36.0 Å². The molecule has 1 N–H and O–H groups in total. The summed E-state index contributed by atoms with van der Waals surface area (Å²) in [6.07, 6.45) is 2.07. The number of hydrogen-bond acceptors (Lipinski definition) is 10. The maximum atomic E-state index is 13.5. The smallest absolute Gasteiger partial charge is 0.345 e. The normalized spacial score (nSPS) is 34.5. The Kier molecular flexibility index (Phi) is 7.69. The number of pyridine rings is 1. The molecule has 2 unspecified atom stereocenters. The highest BCUT2D eigenvalue weighted by Gasteiger charge is 2.70. The quantitative estimate of drug-likeness (QED) is 0.310. The van der Waals surface area contributed by atoms with Crippen molar-refractivity contribution in [3.05, 3.63) is 46.6 Å². The maximum absolute atomic E-state index is 13.5. The summed E-state index contributed by atoms with van der Waals surface area (Å²) in [4.78, 5) is 50.1. The van der Waals surface area contributed by atoms with Crippen LogP contribution >= 0.6 is 0 Å². The minimum absolute atomic E-state index is 0.00113. The largest absolute Gasteiger partial charge is 0.482 e. The zero-order chi connectivity index (χ0) is 31.5. The van der Waals surface area contributed by atoms with Gasteiger partial charge in [-0.25, -0.2) is 9.36 Å². The van der Waals surface area contributed by atoms with Crippen molar-refractivity contribution in [3.63, 3.8) is 0 Å². The van der Waals surface area contributed by atoms with Gasteiger partial charge in [0.25, 0.3) is 0 Å². The van der Waals surface area contributed by atoms with Gasteiger partial charge < -0.3 is 28.5 Å². The van der Waals surface area contributed by atoms with E-state index in [1.54, 1.807) is 25.3 Å². The maximum Gasteiger partial charge on any atom is 0.345 e. The zero-order valence-electron chi connectivity index (χ0n) is 25.7. The zero-order valence-corrected chi connectivity index (χ0v) is 25.7. The molecule has 8 atom stereocenters. The number of carbonyl (C=O) groups is 3. The average molecular weight is 599 g/mol. The molecule has 2 aliphatic carbocycles. The van der Waals surface area contributed by atoms with Crippen molar-refractivity contribution in [1.29, 1.82) is 0 Å². The first kappa shape index (κ1) is 30.7. The highest BCUT2D eigenvalue weighted by molar-refractivity contribution is 5.67. The number of ether oxygens (including phenoxy) is 4. The first-order chi connectivity index (χ1) is 20.1. The lowest BCUT2D eigenvalue weighted by Gasteiger charge is -2.66. The van der Waals surface area contributed by atoms with Gasteiger partial charge in [-0.3, -0.25) is 14.4 Å². The van der Waals surface area contributed by atoms with Gasteiger partial charge in [-0.15, -0.1) is 0 Å². The second-order valence-electron chi connectivity index (χ2n) is 13.0. The fraction of sp³-hybridized carbons (Fsp3) is 0.594. The fourth-order valence-corrected chi connectivity index (χ4v) is 8.26. The molecular weight excluding hydrogens is 558 g/mol. The molecule has 2 aromatic heterocycles. The highest BCUT2D eigenvalue weighted by atomic mass is 16.6. The van der Waals surface area contributed by atoms with Crippen molar-refractivity contribution >= 4 is 17.9 Å². The van der Waals surface area contributed by atoms with Gasteiger partial charge in [0.15, 0.2) is 12.4 Å². The monoisotopic (exact) mass is 598 g/mol. The highest BCUT2D eigenvalue weighted by Crippen LogP contribution is 2.67. The molecule has 2 saturated carbocycles. The number of nitrogens with zero attached hydrogens (tertiary/aromatic N) is 1. The summed E-state index contributed by atoms with van der Waals surface area (Å²) in [6.45, 7) is 9.61. The summed E-state index contributed by atoms with van der Waals surface area (Å²) in [7, 11) is 1.85. The van der Waals surface area contributed by atoms with Crippen molar-refractivity contribution in [3.8, 4) is 17.1 Å². The summed E-state index contributed by atoms with van der Waals surface area (Å²) >= 11 is 0. The van der Waals surface area contributed by atoms with Crippen LogP contribution in [0.25, 0.3) is 11.3 Å². The number of rotatable bonds is 5. The first-order valence-corrected chi connectivity index (χ1v) is 14.6. The van der Waals surface area contributed by atoms with Gasteiger partial charge in [0.2, 0.25) is 0 Å². The molecule has 0 radical (unpaired) electrons. The van der Waals surface area contributed by atoms with Crippen LogP contribution in [0.2, 0.25) is 0 Å². The Morgan fingerprint density at radius 1 is 1.07 bits per heavy atom. The van der Waals surface area contributed by atoms with Crippen LogP contribution in [0.15, 0.2) is 39.8 Å². The number of aryl methyl sites for hydroxylation is 1. The van der Waals surface area contributed by atoms with E-state index >= 15 is 0 Å². The molecule has 43 heavy (non-hydrogen) atoms. The lowest BCUT2D eigenvalue weighted by atomic mass is 9.42. The molecule has 0 saturated heterocycles. The van der Waals surface area contributed by atoms with E-state index in [0.717, 1.165) is 0 Å². The Morgan fingerprint density at radius 2 is 1.74 bits per heavy atom. The average Bonchev–Trinajstić information content (AvgIpc) is 2.89. The van der Waals surface area contributed by atoms with Crippen molar-refractivity contribution < 1.29 is 47.4 Å². The number of carbonyl (C=O) groups excluding carboxylic acids is 3. The Morgan fingerprint density at radius 3 is 2.37 bits per heavy atom. The van der Waals surface area contributed by atoms with Crippen LogP contribution in [0.4, 0.5) is 0 Å². The molecule has 11 nitrogen and oxygen atoms in total. The van der Waals surface area contributed by atoms with Crippen molar-refractivity contribution in [2.45, 2.75) is 84.7 Å². The number of esters is 3. The minimum atomic E-state index is -1.33. The van der Waals surface area contributed by atoms with Gasteiger partial charge in [0.05, 0.1) is 11.7 Å². The predicted molar refractivity (Wildman–Crippen MR) is 150 cm³/mol. The molecule has 232 valence electrons. The van der Waals surface area contributed by atoms with Crippen molar-refractivity contribution in [2.24, 2.45) is 29.7 Å². The summed E-state index contributed by atoms with van der Waals surface area (Å²) in [6, 6.07) is 5.21. The summed E-state index contributed by atoms with van der Waals surface area (Å²) in [5.41, 5.74) is -2.95. The Bertz CT molecular complexity index is 1520. The topological polar surface area (TPSA) is 142 Å². The molecule has 1 aliphatic heterocycles. The molecule has 2 fully saturated rings. The third-order valence-electron chi connectivity index (χ3n) is 10.0. The molecule has 3 heterocycles.